The van der Waals surface area contributed by atoms with Gasteiger partial charge in [-0.15, -0.1) is 0 Å². The van der Waals surface area contributed by atoms with Gasteiger partial charge in [-0.3, -0.25) is 9.59 Å². The summed E-state index contributed by atoms with van der Waals surface area (Å²) in [4.78, 5) is 36.1. The Morgan fingerprint density at radius 3 is 1.90 bits per heavy atom. The van der Waals surface area contributed by atoms with Crippen LogP contribution in [0.1, 0.15) is 28.8 Å². The molecule has 0 aliphatic heterocycles. The molecule has 0 aliphatic carbocycles. The quantitative estimate of drug-likeness (QED) is 0.528. The van der Waals surface area contributed by atoms with Crippen molar-refractivity contribution in [3.05, 3.63) is 96.1 Å². The SMILES string of the molecule is O=C(CCC(=O)c1ccc(-c2ccccc2)cc1)N[C@@H](Cc1ccccc1)C(=O)O. The molecule has 0 saturated carbocycles. The number of benzene rings is 3. The zero-order chi connectivity index (χ0) is 21.3. The summed E-state index contributed by atoms with van der Waals surface area (Å²) in [5.74, 6) is -1.71. The number of ketones is 1. The zero-order valence-corrected chi connectivity index (χ0v) is 16.5. The molecule has 0 heterocycles. The van der Waals surface area contributed by atoms with E-state index < -0.39 is 17.9 Å². The van der Waals surface area contributed by atoms with Crippen LogP contribution in [0.5, 0.6) is 0 Å². The lowest BCUT2D eigenvalue weighted by atomic mass is 10.0. The highest BCUT2D eigenvalue weighted by molar-refractivity contribution is 5.98. The first-order valence-electron chi connectivity index (χ1n) is 9.77. The van der Waals surface area contributed by atoms with Crippen LogP contribution in [-0.4, -0.2) is 28.8 Å². The summed E-state index contributed by atoms with van der Waals surface area (Å²) in [5.41, 5.74) is 3.42. The first kappa shape index (κ1) is 21.0. The first-order valence-corrected chi connectivity index (χ1v) is 9.77. The molecule has 1 amide bonds. The van der Waals surface area contributed by atoms with E-state index in [1.165, 1.54) is 0 Å². The van der Waals surface area contributed by atoms with E-state index in [-0.39, 0.29) is 25.0 Å². The fraction of sp³-hybridized carbons (Fsp3) is 0.160. The summed E-state index contributed by atoms with van der Waals surface area (Å²) >= 11 is 0. The van der Waals surface area contributed by atoms with Crippen molar-refractivity contribution in [1.82, 2.24) is 5.32 Å². The van der Waals surface area contributed by atoms with Gasteiger partial charge < -0.3 is 10.4 Å². The number of carboxylic acids is 1. The zero-order valence-electron chi connectivity index (χ0n) is 16.5. The Hall–Kier alpha value is -3.73. The molecule has 30 heavy (non-hydrogen) atoms. The number of carboxylic acid groups (broad SMARTS) is 1. The average Bonchev–Trinajstić information content (AvgIpc) is 2.78. The number of carbonyl (C=O) groups excluding carboxylic acids is 2. The highest BCUT2D eigenvalue weighted by atomic mass is 16.4. The summed E-state index contributed by atoms with van der Waals surface area (Å²) < 4.78 is 0. The number of carbonyl (C=O) groups is 3. The number of Topliss-reactive ketones (excluding diaryl/α,β-unsaturated/α-hetero) is 1. The standard InChI is InChI=1S/C25H23NO4/c27-23(21-13-11-20(12-14-21)19-9-5-2-6-10-19)15-16-24(28)26-22(25(29)30)17-18-7-3-1-4-8-18/h1-14,22H,15-17H2,(H,26,28)(H,29,30)/t22-/m0/s1. The molecule has 3 aromatic carbocycles. The van der Waals surface area contributed by atoms with Crippen molar-refractivity contribution in [1.29, 1.82) is 0 Å². The van der Waals surface area contributed by atoms with E-state index in [0.29, 0.717) is 5.56 Å². The van der Waals surface area contributed by atoms with Gasteiger partial charge in [-0.05, 0) is 16.7 Å². The number of nitrogens with one attached hydrogen (secondary N) is 1. The second kappa shape index (κ2) is 10.2. The van der Waals surface area contributed by atoms with Crippen LogP contribution in [0, 0.1) is 0 Å². The first-order chi connectivity index (χ1) is 14.5. The van der Waals surface area contributed by atoms with Crippen molar-refractivity contribution in [3.63, 3.8) is 0 Å². The van der Waals surface area contributed by atoms with Gasteiger partial charge in [0, 0.05) is 24.8 Å². The number of hydrogen-bond acceptors (Lipinski definition) is 3. The summed E-state index contributed by atoms with van der Waals surface area (Å²) in [7, 11) is 0. The van der Waals surface area contributed by atoms with Crippen LogP contribution >= 0.6 is 0 Å². The second-order valence-electron chi connectivity index (χ2n) is 7.01. The van der Waals surface area contributed by atoms with Gasteiger partial charge in [0.05, 0.1) is 0 Å². The molecule has 152 valence electrons. The van der Waals surface area contributed by atoms with Crippen LogP contribution in [0.2, 0.25) is 0 Å². The van der Waals surface area contributed by atoms with E-state index in [1.807, 2.05) is 72.8 Å². The maximum Gasteiger partial charge on any atom is 0.326 e. The molecule has 0 aromatic heterocycles. The summed E-state index contributed by atoms with van der Waals surface area (Å²) in [6, 6.07) is 25.2. The minimum absolute atomic E-state index is 0.0220. The molecule has 0 saturated heterocycles. The van der Waals surface area contributed by atoms with Gasteiger partial charge in [-0.25, -0.2) is 4.79 Å². The van der Waals surface area contributed by atoms with Gasteiger partial charge in [0.15, 0.2) is 5.78 Å². The molecule has 1 atom stereocenters. The maximum atomic E-state index is 12.4. The van der Waals surface area contributed by atoms with Crippen molar-refractivity contribution in [2.45, 2.75) is 25.3 Å². The van der Waals surface area contributed by atoms with Gasteiger partial charge in [-0.1, -0.05) is 84.9 Å². The van der Waals surface area contributed by atoms with Crippen molar-refractivity contribution < 1.29 is 19.5 Å². The molecule has 3 rings (SSSR count). The predicted molar refractivity (Wildman–Crippen MR) is 115 cm³/mol. The van der Waals surface area contributed by atoms with E-state index in [9.17, 15) is 19.5 Å². The van der Waals surface area contributed by atoms with Gasteiger partial charge in [0.25, 0.3) is 0 Å². The van der Waals surface area contributed by atoms with Crippen LogP contribution in [0.4, 0.5) is 0 Å². The Bertz CT molecular complexity index is 998. The molecule has 0 aliphatic rings. The molecule has 3 aromatic rings. The lowest BCUT2D eigenvalue weighted by Crippen LogP contribution is -2.42. The number of amides is 1. The molecule has 0 spiro atoms. The predicted octanol–water partition coefficient (Wildman–Crippen LogP) is 4.13. The number of aliphatic carboxylic acids is 1. The second-order valence-corrected chi connectivity index (χ2v) is 7.01. The highest BCUT2D eigenvalue weighted by Gasteiger charge is 2.20. The maximum absolute atomic E-state index is 12.4. The third-order valence-corrected chi connectivity index (χ3v) is 4.81. The van der Waals surface area contributed by atoms with Gasteiger partial charge >= 0.3 is 5.97 Å². The fourth-order valence-corrected chi connectivity index (χ4v) is 3.17. The van der Waals surface area contributed by atoms with Crippen molar-refractivity contribution in [2.75, 3.05) is 0 Å². The van der Waals surface area contributed by atoms with Gasteiger partial charge in [0.1, 0.15) is 6.04 Å². The molecule has 0 fully saturated rings. The van der Waals surface area contributed by atoms with Crippen molar-refractivity contribution >= 4 is 17.7 Å². The molecule has 0 radical (unpaired) electrons. The summed E-state index contributed by atoms with van der Waals surface area (Å²) in [6.45, 7) is 0. The normalized spacial score (nSPS) is 11.5. The van der Waals surface area contributed by atoms with Crippen LogP contribution in [-0.2, 0) is 16.0 Å². The van der Waals surface area contributed by atoms with Crippen molar-refractivity contribution in [2.24, 2.45) is 0 Å². The average molecular weight is 401 g/mol. The van der Waals surface area contributed by atoms with Gasteiger partial charge in [0.2, 0.25) is 5.91 Å². The van der Waals surface area contributed by atoms with E-state index in [2.05, 4.69) is 5.32 Å². The van der Waals surface area contributed by atoms with E-state index in [1.54, 1.807) is 12.1 Å². The molecule has 0 bridgehead atoms. The van der Waals surface area contributed by atoms with E-state index >= 15 is 0 Å². The van der Waals surface area contributed by atoms with Crippen LogP contribution in [0.25, 0.3) is 11.1 Å². The monoisotopic (exact) mass is 401 g/mol. The Morgan fingerprint density at radius 1 is 0.733 bits per heavy atom. The largest absolute Gasteiger partial charge is 0.480 e. The molecule has 5 heteroatoms. The minimum Gasteiger partial charge on any atom is -0.480 e. The lowest BCUT2D eigenvalue weighted by Gasteiger charge is -2.14. The molecule has 2 N–H and O–H groups in total. The molecule has 5 nitrogen and oxygen atoms in total. The fourth-order valence-electron chi connectivity index (χ4n) is 3.17. The molecular formula is C25H23NO4. The number of rotatable bonds is 9. The minimum atomic E-state index is -1.10. The summed E-state index contributed by atoms with van der Waals surface area (Å²) in [6.07, 6.45) is 0.156. The van der Waals surface area contributed by atoms with Crippen LogP contribution in [0.15, 0.2) is 84.9 Å². The van der Waals surface area contributed by atoms with Crippen LogP contribution < -0.4 is 5.32 Å². The third kappa shape index (κ3) is 5.88. The van der Waals surface area contributed by atoms with E-state index in [4.69, 9.17) is 0 Å². The Balaban J connectivity index is 1.53. The highest BCUT2D eigenvalue weighted by Crippen LogP contribution is 2.20. The van der Waals surface area contributed by atoms with Crippen LogP contribution in [0.3, 0.4) is 0 Å². The Labute approximate surface area is 175 Å². The van der Waals surface area contributed by atoms with Gasteiger partial charge in [-0.2, -0.15) is 0 Å². The Morgan fingerprint density at radius 2 is 1.30 bits per heavy atom. The third-order valence-electron chi connectivity index (χ3n) is 4.81. The van der Waals surface area contributed by atoms with Crippen molar-refractivity contribution in [3.8, 4) is 11.1 Å². The molecule has 0 unspecified atom stereocenters. The number of hydrogen-bond donors (Lipinski definition) is 2. The van der Waals surface area contributed by atoms with E-state index in [0.717, 1.165) is 16.7 Å². The topological polar surface area (TPSA) is 83.5 Å². The molecular weight excluding hydrogens is 378 g/mol. The lowest BCUT2D eigenvalue weighted by molar-refractivity contribution is -0.141. The summed E-state index contributed by atoms with van der Waals surface area (Å²) in [5, 5.41) is 11.9. The smallest absolute Gasteiger partial charge is 0.326 e. The Kier molecular flexibility index (Phi) is 7.11.